The van der Waals surface area contributed by atoms with E-state index in [9.17, 15) is 9.59 Å². The van der Waals surface area contributed by atoms with Crippen molar-refractivity contribution in [1.82, 2.24) is 10.2 Å². The first-order chi connectivity index (χ1) is 15.0. The number of carbonyl (C=O) groups excluding carboxylic acids is 2. The number of carbonyl (C=O) groups is 2. The molecule has 0 bridgehead atoms. The number of nitrogens with one attached hydrogen (secondary N) is 1. The van der Waals surface area contributed by atoms with Crippen molar-refractivity contribution in [2.75, 3.05) is 23.9 Å². The zero-order valence-electron chi connectivity index (χ0n) is 17.5. The van der Waals surface area contributed by atoms with E-state index in [1.807, 2.05) is 60.4 Å². The molecule has 1 atom stereocenters. The Kier molecular flexibility index (Phi) is 6.27. The molecule has 7 nitrogen and oxygen atoms in total. The SMILES string of the molecule is COc1ccc(CCC(=O)Nc2nnc(C3CC(=O)N(c4ccccc4C)C3)s2)cc1. The molecule has 2 aromatic carbocycles. The minimum absolute atomic E-state index is 0.0189. The molecule has 1 N–H and O–H groups in total. The van der Waals surface area contributed by atoms with Crippen molar-refractivity contribution in [2.24, 2.45) is 0 Å². The summed E-state index contributed by atoms with van der Waals surface area (Å²) in [5, 5.41) is 12.4. The molecule has 2 amide bonds. The van der Waals surface area contributed by atoms with Gasteiger partial charge in [-0.2, -0.15) is 0 Å². The molecule has 2 heterocycles. The number of anilines is 2. The van der Waals surface area contributed by atoms with E-state index in [-0.39, 0.29) is 17.7 Å². The van der Waals surface area contributed by atoms with Crippen LogP contribution >= 0.6 is 11.3 Å². The first kappa shape index (κ1) is 21.0. The first-order valence-electron chi connectivity index (χ1n) is 10.2. The minimum Gasteiger partial charge on any atom is -0.497 e. The van der Waals surface area contributed by atoms with Gasteiger partial charge in [-0.15, -0.1) is 10.2 Å². The number of nitrogens with zero attached hydrogens (tertiary/aromatic N) is 3. The van der Waals surface area contributed by atoms with Crippen LogP contribution in [0.5, 0.6) is 5.75 Å². The fourth-order valence-corrected chi connectivity index (χ4v) is 4.50. The lowest BCUT2D eigenvalue weighted by atomic mass is 10.1. The van der Waals surface area contributed by atoms with Crippen LogP contribution in [0.1, 0.15) is 34.9 Å². The molecule has 4 rings (SSSR count). The highest BCUT2D eigenvalue weighted by atomic mass is 32.1. The number of aryl methyl sites for hydroxylation is 2. The molecule has 1 unspecified atom stereocenters. The number of hydrogen-bond acceptors (Lipinski definition) is 6. The van der Waals surface area contributed by atoms with Gasteiger partial charge in [0, 0.05) is 31.0 Å². The zero-order valence-corrected chi connectivity index (χ0v) is 18.3. The summed E-state index contributed by atoms with van der Waals surface area (Å²) in [4.78, 5) is 26.7. The largest absolute Gasteiger partial charge is 0.497 e. The van der Waals surface area contributed by atoms with Crippen LogP contribution in [0.15, 0.2) is 48.5 Å². The summed E-state index contributed by atoms with van der Waals surface area (Å²) in [6.07, 6.45) is 1.38. The molecule has 1 aliphatic rings. The van der Waals surface area contributed by atoms with Crippen LogP contribution in [0, 0.1) is 6.92 Å². The van der Waals surface area contributed by atoms with E-state index in [0.29, 0.717) is 30.9 Å². The maximum atomic E-state index is 12.6. The van der Waals surface area contributed by atoms with Gasteiger partial charge in [0.1, 0.15) is 10.8 Å². The van der Waals surface area contributed by atoms with Gasteiger partial charge in [0.2, 0.25) is 16.9 Å². The Hall–Kier alpha value is -3.26. The zero-order chi connectivity index (χ0) is 21.8. The van der Waals surface area contributed by atoms with E-state index < -0.39 is 0 Å². The Morgan fingerprint density at radius 3 is 2.71 bits per heavy atom. The third-order valence-corrected chi connectivity index (χ3v) is 6.37. The van der Waals surface area contributed by atoms with Gasteiger partial charge in [-0.3, -0.25) is 9.59 Å². The van der Waals surface area contributed by atoms with Crippen LogP contribution in [0.3, 0.4) is 0 Å². The molecule has 3 aromatic rings. The topological polar surface area (TPSA) is 84.4 Å². The molecule has 1 aliphatic heterocycles. The Bertz CT molecular complexity index is 1080. The number of aromatic nitrogens is 2. The monoisotopic (exact) mass is 436 g/mol. The molecule has 0 saturated carbocycles. The standard InChI is InChI=1S/C23H24N4O3S/c1-15-5-3-4-6-19(15)27-14-17(13-21(27)29)22-25-26-23(31-22)24-20(28)12-9-16-7-10-18(30-2)11-8-16/h3-8,10-11,17H,9,12-14H2,1-2H3,(H,24,26,28). The first-order valence-corrected chi connectivity index (χ1v) is 11.0. The third kappa shape index (κ3) is 4.91. The van der Waals surface area contributed by atoms with Crippen molar-refractivity contribution >= 4 is 34.0 Å². The van der Waals surface area contributed by atoms with E-state index in [4.69, 9.17) is 4.74 Å². The van der Waals surface area contributed by atoms with Gasteiger partial charge >= 0.3 is 0 Å². The Labute approximate surface area is 185 Å². The van der Waals surface area contributed by atoms with E-state index in [0.717, 1.165) is 27.6 Å². The Morgan fingerprint density at radius 1 is 1.19 bits per heavy atom. The van der Waals surface area contributed by atoms with Gasteiger partial charge < -0.3 is 15.0 Å². The minimum atomic E-state index is -0.109. The number of para-hydroxylation sites is 1. The van der Waals surface area contributed by atoms with E-state index >= 15 is 0 Å². The number of amides is 2. The van der Waals surface area contributed by atoms with Crippen molar-refractivity contribution in [2.45, 2.75) is 32.1 Å². The summed E-state index contributed by atoms with van der Waals surface area (Å²) in [6.45, 7) is 2.57. The van der Waals surface area contributed by atoms with Crippen LogP contribution in [0.2, 0.25) is 0 Å². The summed E-state index contributed by atoms with van der Waals surface area (Å²) in [5.41, 5.74) is 3.07. The maximum absolute atomic E-state index is 12.6. The van der Waals surface area contributed by atoms with Crippen molar-refractivity contribution in [3.63, 3.8) is 0 Å². The predicted octanol–water partition coefficient (Wildman–Crippen LogP) is 3.95. The molecule has 1 aromatic heterocycles. The molecular formula is C23H24N4O3S. The van der Waals surface area contributed by atoms with Crippen LogP contribution in [0.25, 0.3) is 0 Å². The average molecular weight is 437 g/mol. The van der Waals surface area contributed by atoms with Crippen LogP contribution in [-0.4, -0.2) is 35.7 Å². The Balaban J connectivity index is 1.33. The summed E-state index contributed by atoms with van der Waals surface area (Å²) >= 11 is 1.34. The molecule has 8 heteroatoms. The molecular weight excluding hydrogens is 412 g/mol. The fraction of sp³-hybridized carbons (Fsp3) is 0.304. The molecule has 160 valence electrons. The van der Waals surface area contributed by atoms with Gasteiger partial charge in [-0.1, -0.05) is 41.7 Å². The smallest absolute Gasteiger partial charge is 0.227 e. The van der Waals surface area contributed by atoms with Gasteiger partial charge in [0.15, 0.2) is 0 Å². The number of ether oxygens (including phenoxy) is 1. The lowest BCUT2D eigenvalue weighted by Gasteiger charge is -2.18. The summed E-state index contributed by atoms with van der Waals surface area (Å²) in [7, 11) is 1.63. The highest BCUT2D eigenvalue weighted by Gasteiger charge is 2.34. The van der Waals surface area contributed by atoms with E-state index in [2.05, 4.69) is 15.5 Å². The lowest BCUT2D eigenvalue weighted by molar-refractivity contribution is -0.117. The molecule has 1 saturated heterocycles. The predicted molar refractivity (Wildman–Crippen MR) is 121 cm³/mol. The van der Waals surface area contributed by atoms with Gasteiger partial charge in [0.25, 0.3) is 0 Å². The second-order valence-electron chi connectivity index (χ2n) is 7.53. The molecule has 31 heavy (non-hydrogen) atoms. The summed E-state index contributed by atoms with van der Waals surface area (Å²) in [6, 6.07) is 15.5. The molecule has 0 spiro atoms. The van der Waals surface area contributed by atoms with Crippen LogP contribution < -0.4 is 15.0 Å². The lowest BCUT2D eigenvalue weighted by Crippen LogP contribution is -2.25. The Morgan fingerprint density at radius 2 is 1.97 bits per heavy atom. The number of rotatable bonds is 7. The fourth-order valence-electron chi connectivity index (χ4n) is 3.65. The number of methoxy groups -OCH3 is 1. The second-order valence-corrected chi connectivity index (χ2v) is 8.54. The summed E-state index contributed by atoms with van der Waals surface area (Å²) in [5.74, 6) is 0.748. The highest BCUT2D eigenvalue weighted by molar-refractivity contribution is 7.15. The molecule has 1 fully saturated rings. The number of benzene rings is 2. The van der Waals surface area contributed by atoms with Crippen molar-refractivity contribution in [3.05, 3.63) is 64.7 Å². The normalized spacial score (nSPS) is 15.9. The third-order valence-electron chi connectivity index (χ3n) is 5.37. The van der Waals surface area contributed by atoms with Gasteiger partial charge in [-0.05, 0) is 42.7 Å². The molecule has 0 radical (unpaired) electrons. The number of hydrogen-bond donors (Lipinski definition) is 1. The average Bonchev–Trinajstić information content (AvgIpc) is 3.39. The maximum Gasteiger partial charge on any atom is 0.227 e. The van der Waals surface area contributed by atoms with Gasteiger partial charge in [-0.25, -0.2) is 0 Å². The van der Waals surface area contributed by atoms with E-state index in [1.54, 1.807) is 7.11 Å². The quantitative estimate of drug-likeness (QED) is 0.606. The highest BCUT2D eigenvalue weighted by Crippen LogP contribution is 2.35. The van der Waals surface area contributed by atoms with E-state index in [1.165, 1.54) is 11.3 Å². The van der Waals surface area contributed by atoms with Crippen molar-refractivity contribution in [1.29, 1.82) is 0 Å². The summed E-state index contributed by atoms with van der Waals surface area (Å²) < 4.78 is 5.15. The van der Waals surface area contributed by atoms with Crippen LogP contribution in [-0.2, 0) is 16.0 Å². The molecule has 0 aliphatic carbocycles. The van der Waals surface area contributed by atoms with Crippen molar-refractivity contribution in [3.8, 4) is 5.75 Å². The van der Waals surface area contributed by atoms with Crippen molar-refractivity contribution < 1.29 is 14.3 Å². The van der Waals surface area contributed by atoms with Gasteiger partial charge in [0.05, 0.1) is 7.11 Å². The second kappa shape index (κ2) is 9.26. The van der Waals surface area contributed by atoms with Crippen LogP contribution in [0.4, 0.5) is 10.8 Å².